The van der Waals surface area contributed by atoms with E-state index in [1.807, 2.05) is 34.6 Å². The SMILES string of the molecule is CC(C)OCCN(C)C(=O)N(CCC(=O)O)C(C)(C)C. The molecule has 0 atom stereocenters. The van der Waals surface area contributed by atoms with Crippen LogP contribution in [0.5, 0.6) is 0 Å². The van der Waals surface area contributed by atoms with Crippen LogP contribution in [-0.2, 0) is 9.53 Å². The van der Waals surface area contributed by atoms with Gasteiger partial charge in [0, 0.05) is 25.7 Å². The number of carbonyl (C=O) groups is 2. The van der Waals surface area contributed by atoms with Gasteiger partial charge < -0.3 is 19.6 Å². The van der Waals surface area contributed by atoms with Gasteiger partial charge in [-0.3, -0.25) is 4.79 Å². The number of likely N-dealkylation sites (N-methyl/N-ethyl adjacent to an activating group) is 1. The minimum Gasteiger partial charge on any atom is -0.481 e. The van der Waals surface area contributed by atoms with Crippen molar-refractivity contribution in [3.8, 4) is 0 Å². The monoisotopic (exact) mass is 288 g/mol. The van der Waals surface area contributed by atoms with Crippen molar-refractivity contribution in [3.05, 3.63) is 0 Å². The van der Waals surface area contributed by atoms with E-state index in [2.05, 4.69) is 0 Å². The molecule has 0 unspecified atom stereocenters. The average molecular weight is 288 g/mol. The number of hydrogen-bond acceptors (Lipinski definition) is 3. The van der Waals surface area contributed by atoms with Gasteiger partial charge in [0.05, 0.1) is 19.1 Å². The molecule has 0 aromatic carbocycles. The molecule has 0 spiro atoms. The Morgan fingerprint density at radius 1 is 1.20 bits per heavy atom. The lowest BCUT2D eigenvalue weighted by molar-refractivity contribution is -0.137. The van der Waals surface area contributed by atoms with E-state index < -0.39 is 11.5 Å². The summed E-state index contributed by atoms with van der Waals surface area (Å²) in [6, 6.07) is -0.175. The van der Waals surface area contributed by atoms with Crippen LogP contribution in [0.15, 0.2) is 0 Å². The Bertz CT molecular complexity index is 324. The zero-order chi connectivity index (χ0) is 15.9. The van der Waals surface area contributed by atoms with Crippen LogP contribution in [0.25, 0.3) is 0 Å². The number of nitrogens with zero attached hydrogens (tertiary/aromatic N) is 2. The number of rotatable bonds is 7. The molecule has 0 aliphatic heterocycles. The van der Waals surface area contributed by atoms with Crippen LogP contribution in [0, 0.1) is 0 Å². The van der Waals surface area contributed by atoms with Crippen molar-refractivity contribution in [1.82, 2.24) is 9.80 Å². The predicted octanol–water partition coefficient (Wildman–Crippen LogP) is 2.04. The zero-order valence-electron chi connectivity index (χ0n) is 13.5. The lowest BCUT2D eigenvalue weighted by Crippen LogP contribution is -2.52. The van der Waals surface area contributed by atoms with Gasteiger partial charge >= 0.3 is 12.0 Å². The van der Waals surface area contributed by atoms with Gasteiger partial charge in [0.15, 0.2) is 0 Å². The summed E-state index contributed by atoms with van der Waals surface area (Å²) in [7, 11) is 1.70. The lowest BCUT2D eigenvalue weighted by atomic mass is 10.1. The van der Waals surface area contributed by atoms with Crippen molar-refractivity contribution in [3.63, 3.8) is 0 Å². The van der Waals surface area contributed by atoms with Crippen molar-refractivity contribution >= 4 is 12.0 Å². The summed E-state index contributed by atoms with van der Waals surface area (Å²) < 4.78 is 5.42. The van der Waals surface area contributed by atoms with Gasteiger partial charge in [-0.15, -0.1) is 0 Å². The number of urea groups is 1. The fraction of sp³-hybridized carbons (Fsp3) is 0.857. The first kappa shape index (κ1) is 18.7. The van der Waals surface area contributed by atoms with E-state index in [0.717, 1.165) is 0 Å². The van der Waals surface area contributed by atoms with Crippen molar-refractivity contribution in [1.29, 1.82) is 0 Å². The summed E-state index contributed by atoms with van der Waals surface area (Å²) in [4.78, 5) is 26.2. The number of ether oxygens (including phenoxy) is 1. The van der Waals surface area contributed by atoms with Gasteiger partial charge in [0.2, 0.25) is 0 Å². The van der Waals surface area contributed by atoms with Gasteiger partial charge in [-0.2, -0.15) is 0 Å². The molecule has 0 rings (SSSR count). The highest BCUT2D eigenvalue weighted by Gasteiger charge is 2.28. The van der Waals surface area contributed by atoms with Crippen LogP contribution in [0.2, 0.25) is 0 Å². The maximum atomic E-state index is 12.4. The van der Waals surface area contributed by atoms with Crippen molar-refractivity contribution in [2.24, 2.45) is 0 Å². The molecule has 0 heterocycles. The second-order valence-corrected chi connectivity index (χ2v) is 6.09. The molecular formula is C14H28N2O4. The van der Waals surface area contributed by atoms with Crippen LogP contribution in [0.1, 0.15) is 41.0 Å². The molecule has 20 heavy (non-hydrogen) atoms. The highest BCUT2D eigenvalue weighted by atomic mass is 16.5. The molecule has 2 amide bonds. The summed E-state index contributed by atoms with van der Waals surface area (Å²) in [5.74, 6) is -0.905. The van der Waals surface area contributed by atoms with Crippen LogP contribution < -0.4 is 0 Å². The first-order valence-electron chi connectivity index (χ1n) is 6.91. The molecule has 118 valence electrons. The van der Waals surface area contributed by atoms with Gasteiger partial charge in [-0.05, 0) is 34.6 Å². The third kappa shape index (κ3) is 7.33. The molecule has 0 aromatic heterocycles. The Hall–Kier alpha value is -1.30. The van der Waals surface area contributed by atoms with Gasteiger partial charge in [-0.25, -0.2) is 4.79 Å². The fourth-order valence-corrected chi connectivity index (χ4v) is 1.65. The van der Waals surface area contributed by atoms with Gasteiger partial charge in [0.25, 0.3) is 0 Å². The standard InChI is InChI=1S/C14H28N2O4/c1-11(2)20-10-9-15(6)13(19)16(14(3,4)5)8-7-12(17)18/h11H,7-10H2,1-6H3,(H,17,18). The Morgan fingerprint density at radius 2 is 1.75 bits per heavy atom. The third-order valence-electron chi connectivity index (χ3n) is 2.79. The summed E-state index contributed by atoms with van der Waals surface area (Å²) in [6.07, 6.45) is 0.0727. The molecule has 0 saturated carbocycles. The maximum Gasteiger partial charge on any atom is 0.320 e. The Kier molecular flexibility index (Phi) is 7.57. The average Bonchev–Trinajstić information content (AvgIpc) is 2.25. The lowest BCUT2D eigenvalue weighted by Gasteiger charge is -2.38. The molecule has 0 radical (unpaired) electrons. The molecule has 0 fully saturated rings. The van der Waals surface area contributed by atoms with E-state index in [0.29, 0.717) is 13.2 Å². The highest BCUT2D eigenvalue weighted by Crippen LogP contribution is 2.16. The number of aliphatic carboxylic acids is 1. The van der Waals surface area contributed by atoms with Gasteiger partial charge in [0.1, 0.15) is 0 Å². The second kappa shape index (κ2) is 8.09. The van der Waals surface area contributed by atoms with E-state index in [1.54, 1.807) is 16.8 Å². The summed E-state index contributed by atoms with van der Waals surface area (Å²) >= 11 is 0. The molecule has 0 aliphatic rings. The maximum absolute atomic E-state index is 12.4. The summed E-state index contributed by atoms with van der Waals surface area (Å²) in [5.41, 5.74) is -0.417. The first-order chi connectivity index (χ1) is 9.05. The van der Waals surface area contributed by atoms with Crippen LogP contribution in [0.3, 0.4) is 0 Å². The molecule has 0 bridgehead atoms. The molecule has 0 aromatic rings. The predicted molar refractivity (Wildman–Crippen MR) is 77.8 cm³/mol. The van der Waals surface area contributed by atoms with Crippen molar-refractivity contribution in [2.45, 2.75) is 52.7 Å². The number of carboxylic acids is 1. The second-order valence-electron chi connectivity index (χ2n) is 6.09. The van der Waals surface area contributed by atoms with Gasteiger partial charge in [-0.1, -0.05) is 0 Å². The summed E-state index contributed by atoms with van der Waals surface area (Å²) in [5, 5.41) is 8.78. The normalized spacial score (nSPS) is 11.6. The van der Waals surface area contributed by atoms with E-state index >= 15 is 0 Å². The highest BCUT2D eigenvalue weighted by molar-refractivity contribution is 5.76. The topological polar surface area (TPSA) is 70.1 Å². The molecule has 6 nitrogen and oxygen atoms in total. The molecular weight excluding hydrogens is 260 g/mol. The van der Waals surface area contributed by atoms with Crippen LogP contribution in [-0.4, -0.2) is 65.3 Å². The smallest absolute Gasteiger partial charge is 0.320 e. The summed E-state index contributed by atoms with van der Waals surface area (Å²) in [6.45, 7) is 10.7. The van der Waals surface area contributed by atoms with Crippen molar-refractivity contribution in [2.75, 3.05) is 26.7 Å². The van der Waals surface area contributed by atoms with E-state index in [4.69, 9.17) is 9.84 Å². The van der Waals surface area contributed by atoms with E-state index in [1.165, 1.54) is 0 Å². The Morgan fingerprint density at radius 3 is 2.15 bits per heavy atom. The van der Waals surface area contributed by atoms with Crippen LogP contribution in [0.4, 0.5) is 4.79 Å². The minimum atomic E-state index is -0.905. The Balaban J connectivity index is 4.56. The van der Waals surface area contributed by atoms with Crippen LogP contribution >= 0.6 is 0 Å². The molecule has 1 N–H and O–H groups in total. The number of amides is 2. The number of carbonyl (C=O) groups excluding carboxylic acids is 1. The van der Waals surface area contributed by atoms with Crippen molar-refractivity contribution < 1.29 is 19.4 Å². The molecule has 0 aliphatic carbocycles. The van der Waals surface area contributed by atoms with E-state index in [-0.39, 0.29) is 25.1 Å². The fourth-order valence-electron chi connectivity index (χ4n) is 1.65. The number of hydrogen-bond donors (Lipinski definition) is 1. The largest absolute Gasteiger partial charge is 0.481 e. The molecule has 0 saturated heterocycles. The molecule has 6 heteroatoms. The Labute approximate surface area is 121 Å². The van der Waals surface area contributed by atoms with E-state index in [9.17, 15) is 9.59 Å². The minimum absolute atomic E-state index is 0.0562. The quantitative estimate of drug-likeness (QED) is 0.778. The first-order valence-corrected chi connectivity index (χ1v) is 6.91. The zero-order valence-corrected chi connectivity index (χ0v) is 13.5. The third-order valence-corrected chi connectivity index (χ3v) is 2.79. The number of carboxylic acid groups (broad SMARTS) is 1.